The van der Waals surface area contributed by atoms with Gasteiger partial charge in [0.15, 0.2) is 0 Å². The number of ether oxygens (including phenoxy) is 1. The van der Waals surface area contributed by atoms with Crippen molar-refractivity contribution < 1.29 is 30.5 Å². The van der Waals surface area contributed by atoms with Gasteiger partial charge in [0, 0.05) is 5.56 Å². The van der Waals surface area contributed by atoms with E-state index < -0.39 is 21.9 Å². The molecule has 0 spiro atoms. The third-order valence-corrected chi connectivity index (χ3v) is 3.51. The number of hydrogen-bond acceptors (Lipinski definition) is 5. The highest BCUT2D eigenvalue weighted by Gasteiger charge is 2.30. The summed E-state index contributed by atoms with van der Waals surface area (Å²) in [6, 6.07) is 4.22. The van der Waals surface area contributed by atoms with Crippen LogP contribution in [-0.2, 0) is 25.2 Å². The van der Waals surface area contributed by atoms with Crippen LogP contribution in [0.25, 0.3) is 0 Å². The Labute approximate surface area is 125 Å². The summed E-state index contributed by atoms with van der Waals surface area (Å²) in [5.74, 6) is 0.248. The molecule has 0 fully saturated rings. The highest BCUT2D eigenvalue weighted by Crippen LogP contribution is 2.29. The lowest BCUT2D eigenvalue weighted by Gasteiger charge is -2.07. The number of nitrogens with zero attached hydrogens (tertiary/aromatic N) is 1. The van der Waals surface area contributed by atoms with Crippen molar-refractivity contribution in [3.63, 3.8) is 0 Å². The van der Waals surface area contributed by atoms with Crippen LogP contribution in [-0.4, -0.2) is 39.8 Å². The molecule has 1 aromatic rings. The first-order chi connectivity index (χ1) is 10.1. The lowest BCUT2D eigenvalue weighted by atomic mass is 10.1. The third-order valence-electron chi connectivity index (χ3n) is 2.92. The van der Waals surface area contributed by atoms with Gasteiger partial charge in [-0.15, -0.1) is 0 Å². The molecule has 0 saturated carbocycles. The van der Waals surface area contributed by atoms with Crippen LogP contribution in [0.1, 0.15) is 17.5 Å². The van der Waals surface area contributed by atoms with Crippen molar-refractivity contribution in [3.05, 3.63) is 35.4 Å². The zero-order valence-electron chi connectivity index (χ0n) is 11.6. The van der Waals surface area contributed by atoms with Gasteiger partial charge in [0.05, 0.1) is 24.5 Å². The molecule has 9 heteroatoms. The van der Waals surface area contributed by atoms with Crippen LogP contribution in [0, 0.1) is 0 Å². The SMILES string of the molecule is CS(=O)(=O)OCCC1COC(c2ccc(C(F)(F)F)cc2)=N1. The predicted octanol–water partition coefficient (Wildman–Crippen LogP) is 2.22. The van der Waals surface area contributed by atoms with Gasteiger partial charge >= 0.3 is 6.18 Å². The summed E-state index contributed by atoms with van der Waals surface area (Å²) in [6.45, 7) is 0.222. The first kappa shape index (κ1) is 16.8. The van der Waals surface area contributed by atoms with Gasteiger partial charge in [-0.3, -0.25) is 4.18 Å². The number of rotatable bonds is 5. The van der Waals surface area contributed by atoms with E-state index in [0.717, 1.165) is 18.4 Å². The Bertz CT molecular complexity index is 653. The Kier molecular flexibility index (Phi) is 4.76. The molecule has 0 aliphatic carbocycles. The van der Waals surface area contributed by atoms with E-state index in [-0.39, 0.29) is 25.2 Å². The number of aliphatic imine (C=N–C) groups is 1. The molecule has 5 nitrogen and oxygen atoms in total. The van der Waals surface area contributed by atoms with Crippen molar-refractivity contribution in [3.8, 4) is 0 Å². The average Bonchev–Trinajstić information content (AvgIpc) is 2.85. The molecular weight excluding hydrogens is 323 g/mol. The molecule has 1 aliphatic rings. The second kappa shape index (κ2) is 6.25. The van der Waals surface area contributed by atoms with Crippen LogP contribution < -0.4 is 0 Å². The fraction of sp³-hybridized carbons (Fsp3) is 0.462. The second-order valence-corrected chi connectivity index (χ2v) is 6.43. The Morgan fingerprint density at radius 2 is 1.95 bits per heavy atom. The molecular formula is C13H14F3NO4S. The maximum Gasteiger partial charge on any atom is 0.416 e. The van der Waals surface area contributed by atoms with Crippen LogP contribution in [0.4, 0.5) is 13.2 Å². The van der Waals surface area contributed by atoms with E-state index in [9.17, 15) is 21.6 Å². The molecule has 122 valence electrons. The highest BCUT2D eigenvalue weighted by atomic mass is 32.2. The summed E-state index contributed by atoms with van der Waals surface area (Å²) >= 11 is 0. The number of benzene rings is 1. The summed E-state index contributed by atoms with van der Waals surface area (Å²) in [5.41, 5.74) is -0.299. The fourth-order valence-electron chi connectivity index (χ4n) is 1.86. The molecule has 0 amide bonds. The molecule has 1 aliphatic heterocycles. The van der Waals surface area contributed by atoms with Gasteiger partial charge in [0.25, 0.3) is 10.1 Å². The zero-order valence-corrected chi connectivity index (χ0v) is 12.4. The quantitative estimate of drug-likeness (QED) is 0.773. The van der Waals surface area contributed by atoms with Gasteiger partial charge in [-0.25, -0.2) is 4.99 Å². The zero-order chi connectivity index (χ0) is 16.4. The summed E-state index contributed by atoms with van der Waals surface area (Å²) in [5, 5.41) is 0. The minimum absolute atomic E-state index is 0.0172. The van der Waals surface area contributed by atoms with Crippen molar-refractivity contribution >= 4 is 16.0 Å². The fourth-order valence-corrected chi connectivity index (χ4v) is 2.26. The first-order valence-electron chi connectivity index (χ1n) is 6.38. The topological polar surface area (TPSA) is 65.0 Å². The van der Waals surface area contributed by atoms with Crippen LogP contribution in [0.2, 0.25) is 0 Å². The van der Waals surface area contributed by atoms with Crippen LogP contribution in [0.15, 0.2) is 29.3 Å². The van der Waals surface area contributed by atoms with Crippen molar-refractivity contribution in [1.29, 1.82) is 0 Å². The molecule has 1 atom stereocenters. The van der Waals surface area contributed by atoms with Gasteiger partial charge in [-0.2, -0.15) is 21.6 Å². The molecule has 1 heterocycles. The molecule has 0 saturated heterocycles. The minimum atomic E-state index is -4.39. The summed E-state index contributed by atoms with van der Waals surface area (Å²) < 4.78 is 69.0. The number of alkyl halides is 3. The molecule has 0 bridgehead atoms. The van der Waals surface area contributed by atoms with Crippen LogP contribution in [0.3, 0.4) is 0 Å². The second-order valence-electron chi connectivity index (χ2n) is 4.79. The predicted molar refractivity (Wildman–Crippen MR) is 73.1 cm³/mol. The van der Waals surface area contributed by atoms with Gasteiger partial charge in [0.1, 0.15) is 6.61 Å². The lowest BCUT2D eigenvalue weighted by molar-refractivity contribution is -0.137. The Hall–Kier alpha value is -1.61. The molecule has 1 unspecified atom stereocenters. The molecule has 0 N–H and O–H groups in total. The Balaban J connectivity index is 1.97. The smallest absolute Gasteiger partial charge is 0.416 e. The van der Waals surface area contributed by atoms with Crippen LogP contribution in [0.5, 0.6) is 0 Å². The van der Waals surface area contributed by atoms with E-state index in [1.54, 1.807) is 0 Å². The van der Waals surface area contributed by atoms with Crippen molar-refractivity contribution in [2.24, 2.45) is 4.99 Å². The van der Waals surface area contributed by atoms with Gasteiger partial charge in [-0.05, 0) is 30.7 Å². The molecule has 1 aromatic carbocycles. The van der Waals surface area contributed by atoms with E-state index >= 15 is 0 Å². The molecule has 0 aromatic heterocycles. The van der Waals surface area contributed by atoms with E-state index in [1.807, 2.05) is 0 Å². The van der Waals surface area contributed by atoms with E-state index in [1.165, 1.54) is 12.1 Å². The number of halogens is 3. The standard InChI is InChI=1S/C13H14F3NO4S/c1-22(18,19)21-7-6-11-8-20-12(17-11)9-2-4-10(5-3-9)13(14,15)16/h2-5,11H,6-8H2,1H3. The average molecular weight is 337 g/mol. The minimum Gasteiger partial charge on any atom is -0.475 e. The lowest BCUT2D eigenvalue weighted by Crippen LogP contribution is -2.12. The van der Waals surface area contributed by atoms with Crippen molar-refractivity contribution in [2.75, 3.05) is 19.5 Å². The van der Waals surface area contributed by atoms with Crippen LogP contribution >= 0.6 is 0 Å². The third kappa shape index (κ3) is 4.70. The number of hydrogen-bond donors (Lipinski definition) is 0. The van der Waals surface area contributed by atoms with Crippen molar-refractivity contribution in [1.82, 2.24) is 0 Å². The monoisotopic (exact) mass is 337 g/mol. The summed E-state index contributed by atoms with van der Waals surface area (Å²) in [7, 11) is -3.50. The molecule has 0 radical (unpaired) electrons. The van der Waals surface area contributed by atoms with E-state index in [2.05, 4.69) is 9.18 Å². The Morgan fingerprint density at radius 3 is 2.50 bits per heavy atom. The normalized spacial score (nSPS) is 18.9. The van der Waals surface area contributed by atoms with Gasteiger partial charge < -0.3 is 4.74 Å². The first-order valence-corrected chi connectivity index (χ1v) is 8.19. The highest BCUT2D eigenvalue weighted by molar-refractivity contribution is 7.85. The summed E-state index contributed by atoms with van der Waals surface area (Å²) in [6.07, 6.45) is -3.09. The Morgan fingerprint density at radius 1 is 1.32 bits per heavy atom. The maximum atomic E-state index is 12.5. The van der Waals surface area contributed by atoms with Gasteiger partial charge in [-0.1, -0.05) is 0 Å². The maximum absolute atomic E-state index is 12.5. The van der Waals surface area contributed by atoms with Crippen molar-refractivity contribution in [2.45, 2.75) is 18.6 Å². The van der Waals surface area contributed by atoms with Gasteiger partial charge in [0.2, 0.25) is 5.90 Å². The molecule has 2 rings (SSSR count). The van der Waals surface area contributed by atoms with E-state index in [0.29, 0.717) is 12.0 Å². The summed E-state index contributed by atoms with van der Waals surface area (Å²) in [4.78, 5) is 4.21. The largest absolute Gasteiger partial charge is 0.475 e. The molecule has 22 heavy (non-hydrogen) atoms. The van der Waals surface area contributed by atoms with E-state index in [4.69, 9.17) is 4.74 Å².